The van der Waals surface area contributed by atoms with Gasteiger partial charge in [0.25, 0.3) is 0 Å². The molecule has 0 heterocycles. The lowest BCUT2D eigenvalue weighted by molar-refractivity contribution is -0.385. The van der Waals surface area contributed by atoms with Crippen LogP contribution in [-0.2, 0) is 11.0 Å². The molecule has 0 saturated heterocycles. The number of aliphatic imine (C=N–C) groups is 1. The van der Waals surface area contributed by atoms with Crippen molar-refractivity contribution in [2.75, 3.05) is 33.8 Å². The predicted octanol–water partition coefficient (Wildman–Crippen LogP) is 4.91. The van der Waals surface area contributed by atoms with Gasteiger partial charge in [-0.2, -0.15) is 13.2 Å². The number of carbonyl (C=O) groups excluding carboxylic acids is 1. The Kier molecular flexibility index (Phi) is 10.7. The Morgan fingerprint density at radius 2 is 1.89 bits per heavy atom. The largest absolute Gasteiger partial charge is 0.493 e. The number of nitrogens with zero attached hydrogens (tertiary/aromatic N) is 2. The minimum atomic E-state index is -4.74. The first-order chi connectivity index (χ1) is 17.1. The summed E-state index contributed by atoms with van der Waals surface area (Å²) in [6, 6.07) is 6.61. The number of halogens is 3. The molecule has 2 aromatic carbocycles. The fraction of sp³-hybridized carbons (Fsp3) is 0.304. The Hall–Kier alpha value is -3.58. The molecule has 2 aromatic rings. The normalized spacial score (nSPS) is 12.3. The van der Waals surface area contributed by atoms with Gasteiger partial charge in [0.2, 0.25) is 5.75 Å². The molecule has 0 unspecified atom stereocenters. The second-order valence-electron chi connectivity index (χ2n) is 7.02. The van der Waals surface area contributed by atoms with Gasteiger partial charge in [0.05, 0.1) is 22.5 Å². The number of ether oxygens (including phenoxy) is 2. The monoisotopic (exact) mass is 526 g/mol. The summed E-state index contributed by atoms with van der Waals surface area (Å²) in [5.41, 5.74) is -0.740. The van der Waals surface area contributed by atoms with E-state index in [0.717, 1.165) is 24.4 Å². The Bertz CT molecular complexity index is 1140. The number of nitro benzene ring substituents is 1. The van der Waals surface area contributed by atoms with Crippen molar-refractivity contribution in [2.45, 2.75) is 13.1 Å². The summed E-state index contributed by atoms with van der Waals surface area (Å²) in [6.45, 7) is 4.08. The van der Waals surface area contributed by atoms with Gasteiger partial charge in [-0.1, -0.05) is 24.8 Å². The smallest absolute Gasteiger partial charge is 0.416 e. The van der Waals surface area contributed by atoms with Crippen LogP contribution in [0.2, 0.25) is 0 Å². The number of nitrogens with one attached hydrogen (secondary N) is 2. The zero-order chi connectivity index (χ0) is 26.7. The summed E-state index contributed by atoms with van der Waals surface area (Å²) in [6.07, 6.45) is -3.05. The molecule has 36 heavy (non-hydrogen) atoms. The molecule has 2 rings (SSSR count). The average molecular weight is 527 g/mol. The third-order valence-electron chi connectivity index (χ3n) is 4.66. The Labute approximate surface area is 209 Å². The van der Waals surface area contributed by atoms with E-state index in [1.807, 2.05) is 6.92 Å². The maximum atomic E-state index is 13.0. The molecule has 0 aliphatic carbocycles. The first-order valence-electron chi connectivity index (χ1n) is 10.6. The number of alkyl halides is 3. The van der Waals surface area contributed by atoms with Crippen molar-refractivity contribution in [1.29, 1.82) is 0 Å². The van der Waals surface area contributed by atoms with Gasteiger partial charge in [0.1, 0.15) is 5.84 Å². The van der Waals surface area contributed by atoms with E-state index < -0.39 is 22.4 Å². The second-order valence-corrected chi connectivity index (χ2v) is 7.89. The number of hydrogen-bond donors (Lipinski definition) is 2. The van der Waals surface area contributed by atoms with E-state index in [1.165, 1.54) is 13.2 Å². The van der Waals surface area contributed by atoms with Gasteiger partial charge in [-0.3, -0.25) is 19.9 Å². The predicted molar refractivity (Wildman–Crippen MR) is 133 cm³/mol. The van der Waals surface area contributed by atoms with Crippen LogP contribution >= 0.6 is 11.8 Å². The lowest BCUT2D eigenvalue weighted by atomic mass is 10.1. The molecule has 0 spiro atoms. The summed E-state index contributed by atoms with van der Waals surface area (Å²) in [7, 11) is 2.93. The maximum absolute atomic E-state index is 13.0. The highest BCUT2D eigenvalue weighted by Crippen LogP contribution is 2.40. The maximum Gasteiger partial charge on any atom is 0.416 e. The molecule has 0 aliphatic heterocycles. The highest BCUT2D eigenvalue weighted by molar-refractivity contribution is 8.16. The Balaban J connectivity index is 2.37. The second kappa shape index (κ2) is 13.5. The van der Waals surface area contributed by atoms with Crippen LogP contribution < -0.4 is 20.1 Å². The minimum Gasteiger partial charge on any atom is -0.493 e. The van der Waals surface area contributed by atoms with E-state index in [4.69, 9.17) is 9.47 Å². The fourth-order valence-electron chi connectivity index (χ4n) is 2.98. The van der Waals surface area contributed by atoms with Crippen molar-refractivity contribution in [1.82, 2.24) is 10.6 Å². The van der Waals surface area contributed by atoms with Crippen LogP contribution in [0.4, 0.5) is 18.9 Å². The molecule has 0 fully saturated rings. The minimum absolute atomic E-state index is 0.0512. The van der Waals surface area contributed by atoms with Crippen LogP contribution in [0.15, 0.2) is 46.3 Å². The van der Waals surface area contributed by atoms with E-state index in [0.29, 0.717) is 47.1 Å². The van der Waals surface area contributed by atoms with Gasteiger partial charge >= 0.3 is 11.9 Å². The Morgan fingerprint density at radius 3 is 2.47 bits per heavy atom. The zero-order valence-corrected chi connectivity index (χ0v) is 20.5. The Morgan fingerprint density at radius 1 is 1.17 bits per heavy atom. The number of methoxy groups -OCH3 is 1. The first kappa shape index (κ1) is 28.7. The van der Waals surface area contributed by atoms with Crippen LogP contribution in [0.25, 0.3) is 6.08 Å². The van der Waals surface area contributed by atoms with Crippen molar-refractivity contribution >= 4 is 35.0 Å². The molecular weight excluding hydrogens is 501 g/mol. The number of hydrogen-bond acceptors (Lipinski definition) is 8. The number of amidine groups is 1. The van der Waals surface area contributed by atoms with Crippen molar-refractivity contribution in [3.63, 3.8) is 0 Å². The lowest BCUT2D eigenvalue weighted by Crippen LogP contribution is -2.32. The molecule has 0 aliphatic rings. The molecule has 0 aromatic heterocycles. The van der Waals surface area contributed by atoms with Crippen LogP contribution in [-0.4, -0.2) is 50.2 Å². The number of rotatable bonds is 12. The summed E-state index contributed by atoms with van der Waals surface area (Å²) in [4.78, 5) is 26.4. The van der Waals surface area contributed by atoms with Crippen molar-refractivity contribution < 1.29 is 32.4 Å². The van der Waals surface area contributed by atoms with E-state index in [2.05, 4.69) is 15.6 Å². The number of likely N-dealkylation sites (N-methyl/N-ethyl adjacent to an activating group) is 1. The van der Waals surface area contributed by atoms with Crippen molar-refractivity contribution in [3.8, 4) is 17.2 Å². The number of carbonyl (C=O) groups is 1. The van der Waals surface area contributed by atoms with Gasteiger partial charge < -0.3 is 20.1 Å². The molecule has 0 amide bonds. The lowest BCUT2D eigenvalue weighted by Gasteiger charge is -2.14. The fourth-order valence-corrected chi connectivity index (χ4v) is 3.57. The number of thioether (sulfide) groups is 1. The zero-order valence-electron chi connectivity index (χ0n) is 19.7. The molecular formula is C23H25F3N4O5S. The summed E-state index contributed by atoms with van der Waals surface area (Å²) in [5, 5.41) is 17.7. The van der Waals surface area contributed by atoms with Crippen molar-refractivity contribution in [3.05, 3.63) is 62.5 Å². The van der Waals surface area contributed by atoms with E-state index in [1.54, 1.807) is 25.3 Å². The number of benzene rings is 2. The highest BCUT2D eigenvalue weighted by Gasteiger charge is 2.33. The number of nitro groups is 1. The van der Waals surface area contributed by atoms with Crippen LogP contribution in [0.5, 0.6) is 17.2 Å². The van der Waals surface area contributed by atoms with E-state index in [-0.39, 0.29) is 17.2 Å². The van der Waals surface area contributed by atoms with Gasteiger partial charge in [-0.15, -0.1) is 0 Å². The molecule has 2 N–H and O–H groups in total. The molecule has 0 bridgehead atoms. The molecule has 0 radical (unpaired) electrons. The van der Waals surface area contributed by atoms with Gasteiger partial charge in [-0.05, 0) is 42.4 Å². The van der Waals surface area contributed by atoms with Crippen LogP contribution in [0, 0.1) is 10.1 Å². The third kappa shape index (κ3) is 7.99. The molecule has 0 atom stereocenters. The molecule has 194 valence electrons. The molecule has 13 heteroatoms. The van der Waals surface area contributed by atoms with E-state index in [9.17, 15) is 28.1 Å². The summed E-state index contributed by atoms with van der Waals surface area (Å²) in [5.74, 6) is 0.348. The van der Waals surface area contributed by atoms with Gasteiger partial charge in [-0.25, -0.2) is 0 Å². The SMILES string of the molecule is CCNCCNC(=NC)/C(=C/c1ccc(Oc2ccc(C(F)(F)F)cc2[N+](=O)[O-])c(OC)c1)SC=O. The molecule has 9 nitrogen and oxygen atoms in total. The van der Waals surface area contributed by atoms with Gasteiger partial charge in [0.15, 0.2) is 17.1 Å². The van der Waals surface area contributed by atoms with Crippen LogP contribution in [0.1, 0.15) is 18.1 Å². The third-order valence-corrected chi connectivity index (χ3v) is 5.33. The summed E-state index contributed by atoms with van der Waals surface area (Å²) >= 11 is 0.924. The van der Waals surface area contributed by atoms with Crippen molar-refractivity contribution in [2.24, 2.45) is 4.99 Å². The highest BCUT2D eigenvalue weighted by atomic mass is 32.2. The summed E-state index contributed by atoms with van der Waals surface area (Å²) < 4.78 is 49.8. The average Bonchev–Trinajstić information content (AvgIpc) is 2.84. The first-order valence-corrected chi connectivity index (χ1v) is 11.5. The van der Waals surface area contributed by atoms with Gasteiger partial charge in [0, 0.05) is 26.2 Å². The standard InChI is InChI=1S/C23H25F3N4O5S/c1-4-28-9-10-29-22(27-2)21(36-14-31)12-15-5-7-19(20(11-15)34-3)35-18-8-6-16(23(24,25)26)13-17(18)30(32)33/h5-8,11-14,28H,4,9-10H2,1-3H3,(H,27,29)/b21-12-. The molecule has 0 saturated carbocycles. The van der Waals surface area contributed by atoms with E-state index >= 15 is 0 Å². The topological polar surface area (TPSA) is 115 Å². The van der Waals surface area contributed by atoms with Crippen LogP contribution in [0.3, 0.4) is 0 Å². The quantitative estimate of drug-likeness (QED) is 0.100.